The van der Waals surface area contributed by atoms with Crippen LogP contribution >= 0.6 is 0 Å². The van der Waals surface area contributed by atoms with E-state index in [1.807, 2.05) is 13.8 Å². The van der Waals surface area contributed by atoms with E-state index in [1.54, 1.807) is 4.90 Å². The standard InChI is InChI=1S/C16H20N2O7/c1-10-7-17(8-11(2)25-10)15(19)9-24-16(20)13-6-12(18(21)22)4-5-14(13)23-3/h4-6,10-11H,7-9H2,1-3H3/t10-,11+. The second-order valence-electron chi connectivity index (χ2n) is 5.77. The summed E-state index contributed by atoms with van der Waals surface area (Å²) in [5.41, 5.74) is -0.372. The molecule has 0 saturated carbocycles. The quantitative estimate of drug-likeness (QED) is 0.447. The van der Waals surface area contributed by atoms with Crippen LogP contribution in [0.5, 0.6) is 5.75 Å². The van der Waals surface area contributed by atoms with E-state index in [9.17, 15) is 19.7 Å². The van der Waals surface area contributed by atoms with Gasteiger partial charge in [0.2, 0.25) is 0 Å². The minimum Gasteiger partial charge on any atom is -0.496 e. The molecule has 0 N–H and O–H groups in total. The van der Waals surface area contributed by atoms with E-state index in [0.29, 0.717) is 13.1 Å². The summed E-state index contributed by atoms with van der Waals surface area (Å²) in [7, 11) is 1.33. The molecule has 1 saturated heterocycles. The fourth-order valence-electron chi connectivity index (χ4n) is 2.65. The number of esters is 1. The number of methoxy groups -OCH3 is 1. The SMILES string of the molecule is COc1ccc([N+](=O)[O-])cc1C(=O)OCC(=O)N1C[C@@H](C)O[C@@H](C)C1. The molecule has 1 fully saturated rings. The second-order valence-corrected chi connectivity index (χ2v) is 5.77. The van der Waals surface area contributed by atoms with Crippen LogP contribution in [-0.2, 0) is 14.3 Å². The molecule has 0 bridgehead atoms. The van der Waals surface area contributed by atoms with Gasteiger partial charge in [-0.1, -0.05) is 0 Å². The van der Waals surface area contributed by atoms with Crippen LogP contribution in [0.1, 0.15) is 24.2 Å². The van der Waals surface area contributed by atoms with Crippen molar-refractivity contribution >= 4 is 17.6 Å². The first-order valence-corrected chi connectivity index (χ1v) is 7.74. The van der Waals surface area contributed by atoms with Crippen molar-refractivity contribution in [2.75, 3.05) is 26.8 Å². The second kappa shape index (κ2) is 7.93. The molecule has 0 spiro atoms. The van der Waals surface area contributed by atoms with Crippen LogP contribution in [-0.4, -0.2) is 60.7 Å². The van der Waals surface area contributed by atoms with E-state index in [1.165, 1.54) is 19.2 Å². The Labute approximate surface area is 144 Å². The topological polar surface area (TPSA) is 108 Å². The number of amides is 1. The number of hydrogen-bond acceptors (Lipinski definition) is 7. The number of nitro benzene ring substituents is 1. The third-order valence-corrected chi connectivity index (χ3v) is 3.71. The van der Waals surface area contributed by atoms with Crippen LogP contribution in [0, 0.1) is 10.1 Å². The Kier molecular flexibility index (Phi) is 5.92. The number of non-ortho nitro benzene ring substituents is 1. The zero-order valence-corrected chi connectivity index (χ0v) is 14.3. The Morgan fingerprint density at radius 3 is 2.52 bits per heavy atom. The number of hydrogen-bond donors (Lipinski definition) is 0. The molecule has 1 heterocycles. The highest BCUT2D eigenvalue weighted by Gasteiger charge is 2.27. The van der Waals surface area contributed by atoms with Crippen LogP contribution in [0.4, 0.5) is 5.69 Å². The Morgan fingerprint density at radius 2 is 1.96 bits per heavy atom. The average Bonchev–Trinajstić information content (AvgIpc) is 2.57. The van der Waals surface area contributed by atoms with Gasteiger partial charge in [-0.25, -0.2) is 4.79 Å². The molecular weight excluding hydrogens is 332 g/mol. The molecule has 0 aliphatic carbocycles. The molecule has 9 nitrogen and oxygen atoms in total. The fraction of sp³-hybridized carbons (Fsp3) is 0.500. The highest BCUT2D eigenvalue weighted by Crippen LogP contribution is 2.24. The summed E-state index contributed by atoms with van der Waals surface area (Å²) < 4.78 is 15.6. The molecule has 136 valence electrons. The number of carbonyl (C=O) groups excluding carboxylic acids is 2. The van der Waals surface area contributed by atoms with E-state index in [2.05, 4.69) is 0 Å². The van der Waals surface area contributed by atoms with Crippen LogP contribution in [0.2, 0.25) is 0 Å². The van der Waals surface area contributed by atoms with Crippen molar-refractivity contribution in [3.05, 3.63) is 33.9 Å². The Balaban J connectivity index is 2.03. The minimum atomic E-state index is -0.858. The van der Waals surface area contributed by atoms with Gasteiger partial charge < -0.3 is 19.1 Å². The third kappa shape index (κ3) is 4.66. The fourth-order valence-corrected chi connectivity index (χ4v) is 2.65. The average molecular weight is 352 g/mol. The number of carbonyl (C=O) groups is 2. The van der Waals surface area contributed by atoms with Gasteiger partial charge in [0.05, 0.1) is 24.2 Å². The van der Waals surface area contributed by atoms with Gasteiger partial charge in [0, 0.05) is 25.2 Å². The van der Waals surface area contributed by atoms with E-state index in [-0.39, 0.29) is 35.1 Å². The van der Waals surface area contributed by atoms with Crippen LogP contribution < -0.4 is 4.74 Å². The summed E-state index contributed by atoms with van der Waals surface area (Å²) in [6, 6.07) is 3.59. The first-order valence-electron chi connectivity index (χ1n) is 7.74. The van der Waals surface area contributed by atoms with Crippen LogP contribution in [0.3, 0.4) is 0 Å². The van der Waals surface area contributed by atoms with Gasteiger partial charge in [-0.2, -0.15) is 0 Å². The van der Waals surface area contributed by atoms with Gasteiger partial charge >= 0.3 is 5.97 Å². The van der Waals surface area contributed by atoms with Crippen molar-refractivity contribution in [1.82, 2.24) is 4.90 Å². The molecule has 1 amide bonds. The molecule has 1 aliphatic heterocycles. The predicted octanol–water partition coefficient (Wildman–Crippen LogP) is 1.40. The summed E-state index contributed by atoms with van der Waals surface area (Å²) in [5, 5.41) is 10.8. The highest BCUT2D eigenvalue weighted by molar-refractivity contribution is 5.94. The zero-order valence-electron chi connectivity index (χ0n) is 14.3. The molecular formula is C16H20N2O7. The van der Waals surface area contributed by atoms with Crippen molar-refractivity contribution in [3.63, 3.8) is 0 Å². The number of ether oxygens (including phenoxy) is 3. The van der Waals surface area contributed by atoms with Crippen molar-refractivity contribution in [3.8, 4) is 5.75 Å². The van der Waals surface area contributed by atoms with Gasteiger partial charge in [0.25, 0.3) is 11.6 Å². The van der Waals surface area contributed by atoms with Crippen molar-refractivity contribution < 1.29 is 28.7 Å². The summed E-state index contributed by atoms with van der Waals surface area (Å²) >= 11 is 0. The number of nitro groups is 1. The zero-order chi connectivity index (χ0) is 18.6. The highest BCUT2D eigenvalue weighted by atomic mass is 16.6. The van der Waals surface area contributed by atoms with Gasteiger partial charge in [-0.3, -0.25) is 14.9 Å². The molecule has 1 aliphatic rings. The maximum Gasteiger partial charge on any atom is 0.342 e. The van der Waals surface area contributed by atoms with Crippen molar-refractivity contribution in [2.45, 2.75) is 26.1 Å². The molecule has 1 aromatic rings. The number of benzene rings is 1. The molecule has 0 aromatic heterocycles. The van der Waals surface area contributed by atoms with Gasteiger partial charge in [0.1, 0.15) is 11.3 Å². The van der Waals surface area contributed by atoms with Crippen LogP contribution in [0.15, 0.2) is 18.2 Å². The minimum absolute atomic E-state index is 0.0970. The van der Waals surface area contributed by atoms with E-state index >= 15 is 0 Å². The maximum absolute atomic E-state index is 12.2. The Morgan fingerprint density at radius 1 is 1.32 bits per heavy atom. The molecule has 2 rings (SSSR count). The number of rotatable bonds is 5. The number of nitrogens with zero attached hydrogens (tertiary/aromatic N) is 2. The predicted molar refractivity (Wildman–Crippen MR) is 86.5 cm³/mol. The normalized spacial score (nSPS) is 20.0. The summed E-state index contributed by atoms with van der Waals surface area (Å²) in [6.07, 6.45) is -0.194. The molecule has 2 atom stereocenters. The largest absolute Gasteiger partial charge is 0.496 e. The molecule has 0 radical (unpaired) electrons. The van der Waals surface area contributed by atoms with E-state index < -0.39 is 17.5 Å². The first kappa shape index (κ1) is 18.7. The Bertz CT molecular complexity index is 666. The van der Waals surface area contributed by atoms with Crippen molar-refractivity contribution in [2.24, 2.45) is 0 Å². The summed E-state index contributed by atoms with van der Waals surface area (Å²) in [4.78, 5) is 36.2. The van der Waals surface area contributed by atoms with E-state index in [4.69, 9.17) is 14.2 Å². The third-order valence-electron chi connectivity index (χ3n) is 3.71. The lowest BCUT2D eigenvalue weighted by molar-refractivity contribution is -0.384. The maximum atomic E-state index is 12.2. The molecule has 1 aromatic carbocycles. The van der Waals surface area contributed by atoms with Gasteiger partial charge in [0.15, 0.2) is 6.61 Å². The molecule has 0 unspecified atom stereocenters. The molecule has 9 heteroatoms. The lowest BCUT2D eigenvalue weighted by atomic mass is 10.2. The van der Waals surface area contributed by atoms with Crippen molar-refractivity contribution in [1.29, 1.82) is 0 Å². The monoisotopic (exact) mass is 352 g/mol. The van der Waals surface area contributed by atoms with Gasteiger partial charge in [-0.15, -0.1) is 0 Å². The summed E-state index contributed by atoms with van der Waals surface area (Å²) in [5.74, 6) is -1.07. The number of morpholine rings is 1. The lowest BCUT2D eigenvalue weighted by Gasteiger charge is -2.35. The van der Waals surface area contributed by atoms with Gasteiger partial charge in [-0.05, 0) is 19.9 Å². The van der Waals surface area contributed by atoms with E-state index in [0.717, 1.165) is 6.07 Å². The van der Waals surface area contributed by atoms with Crippen LogP contribution in [0.25, 0.3) is 0 Å². The lowest BCUT2D eigenvalue weighted by Crippen LogP contribution is -2.49. The first-order chi connectivity index (χ1) is 11.8. The summed E-state index contributed by atoms with van der Waals surface area (Å²) in [6.45, 7) is 4.09. The molecule has 25 heavy (non-hydrogen) atoms. The smallest absolute Gasteiger partial charge is 0.342 e. The Hall–Kier alpha value is -2.68.